The Hall–Kier alpha value is -1.30. The van der Waals surface area contributed by atoms with Gasteiger partial charge in [-0.3, -0.25) is 10.2 Å². The SMILES string of the molecule is Cc1ccc(SCc2ccsc2C(=O)NN)c(C)c1. The number of carbonyl (C=O) groups is 1. The van der Waals surface area contributed by atoms with E-state index in [1.54, 1.807) is 11.8 Å². The van der Waals surface area contributed by atoms with Gasteiger partial charge in [-0.05, 0) is 42.5 Å². The maximum atomic E-state index is 11.6. The van der Waals surface area contributed by atoms with Crippen molar-refractivity contribution in [3.63, 3.8) is 0 Å². The van der Waals surface area contributed by atoms with Crippen LogP contribution in [0.5, 0.6) is 0 Å². The first-order valence-corrected chi connectivity index (χ1v) is 7.75. The highest BCUT2D eigenvalue weighted by Gasteiger charge is 2.12. The van der Waals surface area contributed by atoms with Gasteiger partial charge in [-0.15, -0.1) is 23.1 Å². The summed E-state index contributed by atoms with van der Waals surface area (Å²) in [6.45, 7) is 4.19. The summed E-state index contributed by atoms with van der Waals surface area (Å²) in [7, 11) is 0. The van der Waals surface area contributed by atoms with Crippen molar-refractivity contribution in [3.8, 4) is 0 Å². The number of nitrogens with two attached hydrogens (primary N) is 1. The highest BCUT2D eigenvalue weighted by molar-refractivity contribution is 7.98. The number of aryl methyl sites for hydroxylation is 2. The molecule has 0 aliphatic heterocycles. The molecule has 5 heteroatoms. The number of hydrogen-bond acceptors (Lipinski definition) is 4. The van der Waals surface area contributed by atoms with Gasteiger partial charge in [0.1, 0.15) is 0 Å². The third-order valence-corrected chi connectivity index (χ3v) is 4.98. The van der Waals surface area contributed by atoms with Crippen molar-refractivity contribution >= 4 is 29.0 Å². The predicted molar refractivity (Wildman–Crippen MR) is 81.4 cm³/mol. The lowest BCUT2D eigenvalue weighted by atomic mass is 10.2. The van der Waals surface area contributed by atoms with E-state index in [4.69, 9.17) is 5.84 Å². The molecule has 0 unspecified atom stereocenters. The second-order valence-electron chi connectivity index (χ2n) is 4.31. The summed E-state index contributed by atoms with van der Waals surface area (Å²) < 4.78 is 0. The average molecular weight is 292 g/mol. The van der Waals surface area contributed by atoms with Gasteiger partial charge in [0, 0.05) is 10.6 Å². The second-order valence-corrected chi connectivity index (χ2v) is 6.24. The van der Waals surface area contributed by atoms with Crippen molar-refractivity contribution in [2.24, 2.45) is 5.84 Å². The van der Waals surface area contributed by atoms with E-state index in [1.165, 1.54) is 27.4 Å². The molecule has 0 saturated heterocycles. The van der Waals surface area contributed by atoms with E-state index < -0.39 is 0 Å². The zero-order chi connectivity index (χ0) is 13.8. The van der Waals surface area contributed by atoms with Crippen molar-refractivity contribution in [3.05, 3.63) is 51.2 Å². The monoisotopic (exact) mass is 292 g/mol. The van der Waals surface area contributed by atoms with E-state index in [2.05, 4.69) is 37.5 Å². The normalized spacial score (nSPS) is 10.5. The molecule has 0 radical (unpaired) electrons. The number of benzene rings is 1. The van der Waals surface area contributed by atoms with Crippen LogP contribution < -0.4 is 11.3 Å². The molecular formula is C14H16N2OS2. The van der Waals surface area contributed by atoms with Crippen LogP contribution in [-0.4, -0.2) is 5.91 Å². The minimum atomic E-state index is -0.216. The number of amides is 1. The summed E-state index contributed by atoms with van der Waals surface area (Å²) in [6, 6.07) is 8.38. The van der Waals surface area contributed by atoms with E-state index in [0.717, 1.165) is 11.3 Å². The fourth-order valence-corrected chi connectivity index (χ4v) is 3.75. The molecule has 1 aromatic heterocycles. The zero-order valence-corrected chi connectivity index (χ0v) is 12.5. The van der Waals surface area contributed by atoms with E-state index in [1.807, 2.05) is 11.4 Å². The van der Waals surface area contributed by atoms with Crippen molar-refractivity contribution in [2.45, 2.75) is 24.5 Å². The molecule has 0 saturated carbocycles. The van der Waals surface area contributed by atoms with Gasteiger partial charge in [0.15, 0.2) is 0 Å². The van der Waals surface area contributed by atoms with Gasteiger partial charge in [0.2, 0.25) is 0 Å². The zero-order valence-electron chi connectivity index (χ0n) is 10.9. The number of thioether (sulfide) groups is 1. The lowest BCUT2D eigenvalue weighted by Gasteiger charge is -2.07. The van der Waals surface area contributed by atoms with E-state index in [0.29, 0.717) is 4.88 Å². The molecule has 0 aliphatic carbocycles. The lowest BCUT2D eigenvalue weighted by molar-refractivity contribution is 0.0957. The number of nitrogen functional groups attached to an aromatic ring is 1. The average Bonchev–Trinajstić information content (AvgIpc) is 2.85. The third-order valence-electron chi connectivity index (χ3n) is 2.80. The van der Waals surface area contributed by atoms with Gasteiger partial charge >= 0.3 is 0 Å². The number of hydrogen-bond donors (Lipinski definition) is 2. The maximum Gasteiger partial charge on any atom is 0.275 e. The summed E-state index contributed by atoms with van der Waals surface area (Å²) in [5, 5.41) is 1.92. The van der Waals surface area contributed by atoms with E-state index >= 15 is 0 Å². The number of carbonyl (C=O) groups excluding carboxylic acids is 1. The molecule has 0 fully saturated rings. The van der Waals surface area contributed by atoms with E-state index in [-0.39, 0.29) is 5.91 Å². The smallest absolute Gasteiger partial charge is 0.275 e. The molecule has 0 aliphatic rings. The molecule has 0 atom stereocenters. The molecule has 1 aromatic carbocycles. The largest absolute Gasteiger partial charge is 0.289 e. The standard InChI is InChI=1S/C14H16N2OS2/c1-9-3-4-12(10(2)7-9)19-8-11-5-6-18-13(11)14(17)16-15/h3-7H,8,15H2,1-2H3,(H,16,17). The van der Waals surface area contributed by atoms with Gasteiger partial charge in [0.05, 0.1) is 4.88 Å². The van der Waals surface area contributed by atoms with Crippen LogP contribution in [0.3, 0.4) is 0 Å². The van der Waals surface area contributed by atoms with Crippen LogP contribution in [0.25, 0.3) is 0 Å². The minimum Gasteiger partial charge on any atom is -0.289 e. The third kappa shape index (κ3) is 3.37. The highest BCUT2D eigenvalue weighted by atomic mass is 32.2. The predicted octanol–water partition coefficient (Wildman–Crippen LogP) is 3.26. The molecule has 3 N–H and O–H groups in total. The van der Waals surface area contributed by atoms with Crippen LogP contribution in [0, 0.1) is 13.8 Å². The molecule has 2 aromatic rings. The number of rotatable bonds is 4. The van der Waals surface area contributed by atoms with Crippen molar-refractivity contribution in [1.82, 2.24) is 5.43 Å². The molecule has 0 spiro atoms. The van der Waals surface area contributed by atoms with Crippen molar-refractivity contribution in [1.29, 1.82) is 0 Å². The molecule has 0 bridgehead atoms. The number of hydrazine groups is 1. The van der Waals surface area contributed by atoms with Gasteiger partial charge in [-0.25, -0.2) is 5.84 Å². The van der Waals surface area contributed by atoms with Crippen LogP contribution in [0.1, 0.15) is 26.4 Å². The van der Waals surface area contributed by atoms with Gasteiger partial charge in [-0.2, -0.15) is 0 Å². The molecule has 19 heavy (non-hydrogen) atoms. The van der Waals surface area contributed by atoms with Gasteiger partial charge < -0.3 is 0 Å². The lowest BCUT2D eigenvalue weighted by Crippen LogP contribution is -2.29. The number of thiophene rings is 1. The Balaban J connectivity index is 2.10. The minimum absolute atomic E-state index is 0.216. The molecule has 1 amide bonds. The summed E-state index contributed by atoms with van der Waals surface area (Å²) in [5.74, 6) is 5.74. The Morgan fingerprint density at radius 2 is 2.16 bits per heavy atom. The Bertz CT molecular complexity index is 593. The highest BCUT2D eigenvalue weighted by Crippen LogP contribution is 2.29. The summed E-state index contributed by atoms with van der Waals surface area (Å²) in [5.41, 5.74) is 5.75. The fraction of sp³-hybridized carbons (Fsp3) is 0.214. The Morgan fingerprint density at radius 3 is 2.84 bits per heavy atom. The van der Waals surface area contributed by atoms with E-state index in [9.17, 15) is 4.79 Å². The van der Waals surface area contributed by atoms with Crippen LogP contribution in [-0.2, 0) is 5.75 Å². The Kier molecular flexibility index (Phi) is 4.63. The molecule has 2 rings (SSSR count). The van der Waals surface area contributed by atoms with Crippen LogP contribution in [0.4, 0.5) is 0 Å². The molecular weight excluding hydrogens is 276 g/mol. The van der Waals surface area contributed by atoms with Gasteiger partial charge in [-0.1, -0.05) is 17.7 Å². The quantitative estimate of drug-likeness (QED) is 0.393. The Morgan fingerprint density at radius 1 is 1.37 bits per heavy atom. The van der Waals surface area contributed by atoms with Crippen molar-refractivity contribution in [2.75, 3.05) is 0 Å². The summed E-state index contributed by atoms with van der Waals surface area (Å²) >= 11 is 3.16. The van der Waals surface area contributed by atoms with Gasteiger partial charge in [0.25, 0.3) is 5.91 Å². The first-order valence-electron chi connectivity index (χ1n) is 5.89. The topological polar surface area (TPSA) is 55.1 Å². The molecule has 100 valence electrons. The fourth-order valence-electron chi connectivity index (χ4n) is 1.83. The van der Waals surface area contributed by atoms with Crippen LogP contribution in [0.2, 0.25) is 0 Å². The van der Waals surface area contributed by atoms with Crippen LogP contribution in [0.15, 0.2) is 34.5 Å². The summed E-state index contributed by atoms with van der Waals surface area (Å²) in [4.78, 5) is 13.5. The van der Waals surface area contributed by atoms with Crippen LogP contribution >= 0.6 is 23.1 Å². The molecule has 1 heterocycles. The maximum absolute atomic E-state index is 11.6. The number of nitrogens with one attached hydrogen (secondary N) is 1. The second kappa shape index (κ2) is 6.23. The first-order chi connectivity index (χ1) is 9.11. The van der Waals surface area contributed by atoms with Crippen molar-refractivity contribution < 1.29 is 4.79 Å². The first kappa shape index (κ1) is 14.1. The molecule has 3 nitrogen and oxygen atoms in total. The summed E-state index contributed by atoms with van der Waals surface area (Å²) in [6.07, 6.45) is 0. The Labute approximate surface area is 121 Å².